The molecular formula is C21H22F3N3O. The van der Waals surface area contributed by atoms with Crippen molar-refractivity contribution in [1.29, 1.82) is 5.26 Å². The Hall–Kier alpha value is -2.72. The molecule has 1 saturated heterocycles. The molecule has 0 spiro atoms. The van der Waals surface area contributed by atoms with Gasteiger partial charge in [-0.1, -0.05) is 12.1 Å². The SMILES string of the molecule is COc1cccc(CN2CCC(Nc3ccc(C#N)c(C(F)(F)F)c3)CC2)c1. The number of methoxy groups -OCH3 is 1. The molecular weight excluding hydrogens is 367 g/mol. The molecule has 7 heteroatoms. The fourth-order valence-corrected chi connectivity index (χ4v) is 3.47. The lowest BCUT2D eigenvalue weighted by Gasteiger charge is -2.33. The number of nitrogens with zero attached hydrogens (tertiary/aromatic N) is 2. The fraction of sp³-hybridized carbons (Fsp3) is 0.381. The normalized spacial score (nSPS) is 15.8. The quantitative estimate of drug-likeness (QED) is 0.808. The Kier molecular flexibility index (Phi) is 6.10. The monoisotopic (exact) mass is 389 g/mol. The lowest BCUT2D eigenvalue weighted by molar-refractivity contribution is -0.137. The molecule has 0 aromatic heterocycles. The molecule has 1 fully saturated rings. The van der Waals surface area contributed by atoms with Crippen LogP contribution in [0, 0.1) is 11.3 Å². The number of rotatable bonds is 5. The molecule has 0 aliphatic carbocycles. The number of halogens is 3. The highest BCUT2D eigenvalue weighted by Crippen LogP contribution is 2.34. The Bertz CT molecular complexity index is 853. The first-order chi connectivity index (χ1) is 13.4. The highest BCUT2D eigenvalue weighted by atomic mass is 19.4. The molecule has 28 heavy (non-hydrogen) atoms. The number of benzene rings is 2. The molecule has 1 aliphatic heterocycles. The average molecular weight is 389 g/mol. The number of likely N-dealkylation sites (tertiary alicyclic amines) is 1. The van der Waals surface area contributed by atoms with Crippen molar-refractivity contribution in [2.45, 2.75) is 31.6 Å². The van der Waals surface area contributed by atoms with Gasteiger partial charge in [0.1, 0.15) is 5.75 Å². The minimum Gasteiger partial charge on any atom is -0.497 e. The summed E-state index contributed by atoms with van der Waals surface area (Å²) in [5.41, 5.74) is 0.326. The predicted molar refractivity (Wildman–Crippen MR) is 101 cm³/mol. The van der Waals surface area contributed by atoms with Crippen LogP contribution in [0.2, 0.25) is 0 Å². The number of ether oxygens (including phenoxy) is 1. The fourth-order valence-electron chi connectivity index (χ4n) is 3.47. The summed E-state index contributed by atoms with van der Waals surface area (Å²) in [5, 5.41) is 12.1. The lowest BCUT2D eigenvalue weighted by Crippen LogP contribution is -2.38. The molecule has 0 amide bonds. The Morgan fingerprint density at radius 2 is 1.93 bits per heavy atom. The van der Waals surface area contributed by atoms with Crippen molar-refractivity contribution < 1.29 is 17.9 Å². The van der Waals surface area contributed by atoms with Crippen molar-refractivity contribution >= 4 is 5.69 Å². The number of piperidine rings is 1. The lowest BCUT2D eigenvalue weighted by atomic mass is 10.0. The van der Waals surface area contributed by atoms with Gasteiger partial charge in [-0.2, -0.15) is 18.4 Å². The van der Waals surface area contributed by atoms with Crippen LogP contribution < -0.4 is 10.1 Å². The second kappa shape index (κ2) is 8.53. The first-order valence-corrected chi connectivity index (χ1v) is 9.12. The Balaban J connectivity index is 1.58. The van der Waals surface area contributed by atoms with Crippen LogP contribution in [-0.4, -0.2) is 31.1 Å². The van der Waals surface area contributed by atoms with Crippen molar-refractivity contribution in [2.75, 3.05) is 25.5 Å². The number of alkyl halides is 3. The minimum absolute atomic E-state index is 0.107. The molecule has 1 heterocycles. The van der Waals surface area contributed by atoms with Crippen molar-refractivity contribution in [2.24, 2.45) is 0 Å². The second-order valence-corrected chi connectivity index (χ2v) is 6.92. The third kappa shape index (κ3) is 4.96. The summed E-state index contributed by atoms with van der Waals surface area (Å²) in [7, 11) is 1.64. The van der Waals surface area contributed by atoms with E-state index in [0.29, 0.717) is 5.69 Å². The largest absolute Gasteiger partial charge is 0.497 e. The van der Waals surface area contributed by atoms with Gasteiger partial charge in [0.05, 0.1) is 24.3 Å². The van der Waals surface area contributed by atoms with Crippen LogP contribution in [0.1, 0.15) is 29.5 Å². The molecule has 2 aromatic carbocycles. The molecule has 1 N–H and O–H groups in total. The van der Waals surface area contributed by atoms with Crippen molar-refractivity contribution in [3.05, 3.63) is 59.2 Å². The van der Waals surface area contributed by atoms with E-state index in [1.165, 1.54) is 17.7 Å². The van der Waals surface area contributed by atoms with Crippen LogP contribution in [0.15, 0.2) is 42.5 Å². The maximum atomic E-state index is 13.1. The van der Waals surface area contributed by atoms with Gasteiger partial charge in [-0.25, -0.2) is 0 Å². The van der Waals surface area contributed by atoms with Crippen LogP contribution in [0.3, 0.4) is 0 Å². The maximum Gasteiger partial charge on any atom is 0.417 e. The van der Waals surface area contributed by atoms with Gasteiger partial charge in [0.15, 0.2) is 0 Å². The van der Waals surface area contributed by atoms with Crippen LogP contribution in [0.5, 0.6) is 5.75 Å². The van der Waals surface area contributed by atoms with Gasteiger partial charge in [-0.15, -0.1) is 0 Å². The van der Waals surface area contributed by atoms with E-state index in [1.54, 1.807) is 13.2 Å². The standard InChI is InChI=1S/C21H22F3N3O/c1-28-19-4-2-3-15(11-19)14-27-9-7-17(8-10-27)26-18-6-5-16(13-25)20(12-18)21(22,23)24/h2-6,11-12,17,26H,7-10,14H2,1H3. The van der Waals surface area contributed by atoms with E-state index in [1.807, 2.05) is 18.2 Å². The van der Waals surface area contributed by atoms with Crippen LogP contribution in [0.4, 0.5) is 18.9 Å². The van der Waals surface area contributed by atoms with E-state index in [0.717, 1.165) is 44.3 Å². The molecule has 4 nitrogen and oxygen atoms in total. The molecule has 1 aliphatic rings. The Morgan fingerprint density at radius 3 is 2.57 bits per heavy atom. The van der Waals surface area contributed by atoms with Crippen LogP contribution in [0.25, 0.3) is 0 Å². The van der Waals surface area contributed by atoms with Crippen LogP contribution in [-0.2, 0) is 12.7 Å². The minimum atomic E-state index is -4.54. The maximum absolute atomic E-state index is 13.1. The number of nitrogens with one attached hydrogen (secondary N) is 1. The van der Waals surface area contributed by atoms with Gasteiger partial charge in [-0.05, 0) is 48.7 Å². The summed E-state index contributed by atoms with van der Waals surface area (Å²) >= 11 is 0. The van der Waals surface area contributed by atoms with Crippen molar-refractivity contribution in [3.63, 3.8) is 0 Å². The van der Waals surface area contributed by atoms with Crippen molar-refractivity contribution in [1.82, 2.24) is 4.90 Å². The Morgan fingerprint density at radius 1 is 1.18 bits per heavy atom. The summed E-state index contributed by atoms with van der Waals surface area (Å²) in [6.07, 6.45) is -2.86. The van der Waals surface area contributed by atoms with Gasteiger partial charge < -0.3 is 10.1 Å². The first kappa shape index (κ1) is 20.0. The van der Waals surface area contributed by atoms with E-state index in [4.69, 9.17) is 10.00 Å². The summed E-state index contributed by atoms with van der Waals surface area (Å²) in [6, 6.07) is 13.5. The molecule has 2 aromatic rings. The summed E-state index contributed by atoms with van der Waals surface area (Å²) in [6.45, 7) is 2.54. The highest BCUT2D eigenvalue weighted by Gasteiger charge is 2.34. The molecule has 0 radical (unpaired) electrons. The number of nitriles is 1. The van der Waals surface area contributed by atoms with E-state index >= 15 is 0 Å². The highest BCUT2D eigenvalue weighted by molar-refractivity contribution is 5.53. The van der Waals surface area contributed by atoms with Gasteiger partial charge >= 0.3 is 6.18 Å². The third-order valence-corrected chi connectivity index (χ3v) is 4.94. The third-order valence-electron chi connectivity index (χ3n) is 4.94. The number of hydrogen-bond acceptors (Lipinski definition) is 4. The summed E-state index contributed by atoms with van der Waals surface area (Å²) in [5.74, 6) is 0.829. The number of hydrogen-bond donors (Lipinski definition) is 1. The molecule has 0 unspecified atom stereocenters. The zero-order chi connectivity index (χ0) is 20.1. The van der Waals surface area contributed by atoms with E-state index in [2.05, 4.69) is 16.3 Å². The van der Waals surface area contributed by atoms with Gasteiger partial charge in [0, 0.05) is 31.4 Å². The van der Waals surface area contributed by atoms with Crippen molar-refractivity contribution in [3.8, 4) is 11.8 Å². The average Bonchev–Trinajstić information content (AvgIpc) is 2.69. The van der Waals surface area contributed by atoms with E-state index < -0.39 is 11.7 Å². The number of anilines is 1. The zero-order valence-electron chi connectivity index (χ0n) is 15.6. The topological polar surface area (TPSA) is 48.3 Å². The molecule has 3 rings (SSSR count). The van der Waals surface area contributed by atoms with Crippen LogP contribution >= 0.6 is 0 Å². The molecule has 0 saturated carbocycles. The Labute approximate surface area is 162 Å². The molecule has 148 valence electrons. The second-order valence-electron chi connectivity index (χ2n) is 6.92. The van der Waals surface area contributed by atoms with E-state index in [-0.39, 0.29) is 11.6 Å². The van der Waals surface area contributed by atoms with Gasteiger partial charge in [0.25, 0.3) is 0 Å². The molecule has 0 bridgehead atoms. The van der Waals surface area contributed by atoms with Gasteiger partial charge in [-0.3, -0.25) is 4.90 Å². The van der Waals surface area contributed by atoms with Gasteiger partial charge in [0.2, 0.25) is 0 Å². The molecule has 0 atom stereocenters. The zero-order valence-corrected chi connectivity index (χ0v) is 15.6. The summed E-state index contributed by atoms with van der Waals surface area (Å²) < 4.78 is 44.6. The first-order valence-electron chi connectivity index (χ1n) is 9.12. The smallest absolute Gasteiger partial charge is 0.417 e. The van der Waals surface area contributed by atoms with E-state index in [9.17, 15) is 13.2 Å². The predicted octanol–water partition coefficient (Wildman–Crippen LogP) is 4.66. The summed E-state index contributed by atoms with van der Waals surface area (Å²) in [4.78, 5) is 2.33.